The molecule has 0 radical (unpaired) electrons. The van der Waals surface area contributed by atoms with E-state index in [4.69, 9.17) is 10.5 Å². The van der Waals surface area contributed by atoms with Crippen molar-refractivity contribution in [1.82, 2.24) is 4.31 Å². The fourth-order valence-electron chi connectivity index (χ4n) is 3.40. The summed E-state index contributed by atoms with van der Waals surface area (Å²) >= 11 is 0. The SMILES string of the molecule is NC(=O)c1cc(S(=O)(=O)N2CCOCC2)ccc1N1CCCCCC1. The van der Waals surface area contributed by atoms with Crippen LogP contribution < -0.4 is 10.6 Å². The van der Waals surface area contributed by atoms with Crippen LogP contribution in [-0.2, 0) is 14.8 Å². The van der Waals surface area contributed by atoms with Crippen LogP contribution in [0.25, 0.3) is 0 Å². The Morgan fingerprint density at radius 2 is 1.64 bits per heavy atom. The molecule has 2 saturated heterocycles. The van der Waals surface area contributed by atoms with Gasteiger partial charge in [-0.1, -0.05) is 12.8 Å². The average molecular weight is 367 g/mol. The molecule has 3 rings (SSSR count). The number of nitrogens with two attached hydrogens (primary N) is 1. The van der Waals surface area contributed by atoms with Gasteiger partial charge in [0.05, 0.1) is 23.7 Å². The van der Waals surface area contributed by atoms with Crippen molar-refractivity contribution in [2.45, 2.75) is 30.6 Å². The first kappa shape index (κ1) is 18.2. The van der Waals surface area contributed by atoms with Crippen LogP contribution in [0.3, 0.4) is 0 Å². The maximum absolute atomic E-state index is 12.8. The third-order valence-electron chi connectivity index (χ3n) is 4.79. The van der Waals surface area contributed by atoms with E-state index in [2.05, 4.69) is 4.90 Å². The average Bonchev–Trinajstić information content (AvgIpc) is 2.91. The van der Waals surface area contributed by atoms with E-state index in [1.807, 2.05) is 0 Å². The van der Waals surface area contributed by atoms with E-state index in [0.717, 1.165) is 31.6 Å². The number of ether oxygens (including phenoxy) is 1. The molecule has 2 heterocycles. The Labute approximate surface area is 148 Å². The van der Waals surface area contributed by atoms with Gasteiger partial charge in [-0.25, -0.2) is 8.42 Å². The topological polar surface area (TPSA) is 92.9 Å². The number of amides is 1. The van der Waals surface area contributed by atoms with Crippen LogP contribution in [0.15, 0.2) is 23.1 Å². The molecule has 0 atom stereocenters. The minimum atomic E-state index is -3.65. The highest BCUT2D eigenvalue weighted by Gasteiger charge is 2.28. The molecule has 8 heteroatoms. The lowest BCUT2D eigenvalue weighted by atomic mass is 10.1. The van der Waals surface area contributed by atoms with Gasteiger partial charge in [0.15, 0.2) is 0 Å². The molecule has 0 bridgehead atoms. The van der Waals surface area contributed by atoms with Crippen molar-refractivity contribution >= 4 is 21.6 Å². The number of morpholine rings is 1. The summed E-state index contributed by atoms with van der Waals surface area (Å²) in [5, 5.41) is 0. The molecule has 138 valence electrons. The number of hydrogen-bond acceptors (Lipinski definition) is 5. The van der Waals surface area contributed by atoms with Crippen molar-refractivity contribution in [3.05, 3.63) is 23.8 Å². The minimum absolute atomic E-state index is 0.113. The third kappa shape index (κ3) is 3.96. The molecular formula is C17H25N3O4S. The fourth-order valence-corrected chi connectivity index (χ4v) is 4.83. The first-order valence-electron chi connectivity index (χ1n) is 8.77. The molecule has 2 N–H and O–H groups in total. The second-order valence-corrected chi connectivity index (χ2v) is 8.40. The van der Waals surface area contributed by atoms with E-state index in [-0.39, 0.29) is 10.5 Å². The quantitative estimate of drug-likeness (QED) is 0.863. The van der Waals surface area contributed by atoms with Crippen molar-refractivity contribution in [3.63, 3.8) is 0 Å². The smallest absolute Gasteiger partial charge is 0.250 e. The summed E-state index contributed by atoms with van der Waals surface area (Å²) in [6.07, 6.45) is 4.47. The van der Waals surface area contributed by atoms with Gasteiger partial charge in [-0.2, -0.15) is 4.31 Å². The predicted octanol–water partition coefficient (Wildman–Crippen LogP) is 1.19. The van der Waals surface area contributed by atoms with E-state index < -0.39 is 15.9 Å². The molecule has 0 spiro atoms. The summed E-state index contributed by atoms with van der Waals surface area (Å²) in [5.74, 6) is -0.599. The summed E-state index contributed by atoms with van der Waals surface area (Å²) in [6, 6.07) is 4.73. The Bertz CT molecular complexity index is 721. The number of primary amides is 1. The maximum Gasteiger partial charge on any atom is 0.250 e. The Balaban J connectivity index is 1.94. The molecular weight excluding hydrogens is 342 g/mol. The van der Waals surface area contributed by atoms with Gasteiger partial charge < -0.3 is 15.4 Å². The number of carbonyl (C=O) groups excluding carboxylic acids is 1. The van der Waals surface area contributed by atoms with Crippen molar-refractivity contribution in [2.24, 2.45) is 5.73 Å². The first-order valence-corrected chi connectivity index (χ1v) is 10.2. The number of hydrogen-bond donors (Lipinski definition) is 1. The highest BCUT2D eigenvalue weighted by atomic mass is 32.2. The van der Waals surface area contributed by atoms with Gasteiger partial charge in [0, 0.05) is 31.9 Å². The lowest BCUT2D eigenvalue weighted by Gasteiger charge is -2.28. The summed E-state index contributed by atoms with van der Waals surface area (Å²) in [4.78, 5) is 14.2. The van der Waals surface area contributed by atoms with Crippen molar-refractivity contribution in [2.75, 3.05) is 44.3 Å². The van der Waals surface area contributed by atoms with Gasteiger partial charge in [0.2, 0.25) is 10.0 Å². The fraction of sp³-hybridized carbons (Fsp3) is 0.588. The van der Waals surface area contributed by atoms with E-state index in [1.165, 1.54) is 23.2 Å². The maximum atomic E-state index is 12.8. The van der Waals surface area contributed by atoms with Crippen LogP contribution in [0.5, 0.6) is 0 Å². The normalized spacial score (nSPS) is 20.2. The van der Waals surface area contributed by atoms with Crippen LogP contribution >= 0.6 is 0 Å². The van der Waals surface area contributed by atoms with Crippen LogP contribution in [-0.4, -0.2) is 58.0 Å². The van der Waals surface area contributed by atoms with Gasteiger partial charge in [0.25, 0.3) is 5.91 Å². The van der Waals surface area contributed by atoms with E-state index in [9.17, 15) is 13.2 Å². The lowest BCUT2D eigenvalue weighted by Crippen LogP contribution is -2.40. The molecule has 7 nitrogen and oxygen atoms in total. The first-order chi connectivity index (χ1) is 12.0. The summed E-state index contributed by atoms with van der Waals surface area (Å²) in [5.41, 5.74) is 6.56. The number of nitrogens with zero attached hydrogens (tertiary/aromatic N) is 2. The third-order valence-corrected chi connectivity index (χ3v) is 6.68. The zero-order valence-corrected chi connectivity index (χ0v) is 15.1. The number of sulfonamides is 1. The number of rotatable bonds is 4. The predicted molar refractivity (Wildman–Crippen MR) is 95.2 cm³/mol. The Morgan fingerprint density at radius 1 is 1.00 bits per heavy atom. The molecule has 2 aliphatic rings. The minimum Gasteiger partial charge on any atom is -0.379 e. The van der Waals surface area contributed by atoms with Gasteiger partial charge in [-0.15, -0.1) is 0 Å². The Hall–Kier alpha value is -1.64. The van der Waals surface area contributed by atoms with Gasteiger partial charge >= 0.3 is 0 Å². The van der Waals surface area contributed by atoms with Crippen molar-refractivity contribution in [3.8, 4) is 0 Å². The standard InChI is InChI=1S/C17H25N3O4S/c18-17(21)15-13-14(25(22,23)20-9-11-24-12-10-20)5-6-16(15)19-7-3-1-2-4-8-19/h5-6,13H,1-4,7-12H2,(H2,18,21). The highest BCUT2D eigenvalue weighted by molar-refractivity contribution is 7.89. The number of carbonyl (C=O) groups is 1. The second-order valence-electron chi connectivity index (χ2n) is 6.46. The molecule has 0 unspecified atom stereocenters. The Kier molecular flexibility index (Phi) is 5.61. The van der Waals surface area contributed by atoms with Crippen LogP contribution in [0.1, 0.15) is 36.0 Å². The van der Waals surface area contributed by atoms with E-state index in [0.29, 0.717) is 26.3 Å². The molecule has 2 aliphatic heterocycles. The van der Waals surface area contributed by atoms with E-state index >= 15 is 0 Å². The molecule has 2 fully saturated rings. The number of anilines is 1. The Morgan fingerprint density at radius 3 is 2.24 bits per heavy atom. The molecule has 1 aromatic rings. The molecule has 1 amide bonds. The second kappa shape index (κ2) is 7.72. The summed E-state index contributed by atoms with van der Waals surface area (Å²) in [7, 11) is -3.65. The zero-order valence-electron chi connectivity index (χ0n) is 14.3. The monoisotopic (exact) mass is 367 g/mol. The van der Waals surface area contributed by atoms with Crippen LogP contribution in [0, 0.1) is 0 Å². The largest absolute Gasteiger partial charge is 0.379 e. The highest BCUT2D eigenvalue weighted by Crippen LogP contribution is 2.28. The van der Waals surface area contributed by atoms with Crippen molar-refractivity contribution < 1.29 is 17.9 Å². The van der Waals surface area contributed by atoms with Gasteiger partial charge in [-0.05, 0) is 31.0 Å². The number of benzene rings is 1. The molecule has 0 saturated carbocycles. The molecule has 0 aliphatic carbocycles. The van der Waals surface area contributed by atoms with Gasteiger partial charge in [0.1, 0.15) is 0 Å². The van der Waals surface area contributed by atoms with E-state index in [1.54, 1.807) is 12.1 Å². The lowest BCUT2D eigenvalue weighted by molar-refractivity contribution is 0.0730. The summed E-state index contributed by atoms with van der Waals surface area (Å²) < 4.78 is 32.2. The van der Waals surface area contributed by atoms with Crippen LogP contribution in [0.4, 0.5) is 5.69 Å². The molecule has 0 aromatic heterocycles. The molecule has 25 heavy (non-hydrogen) atoms. The van der Waals surface area contributed by atoms with Gasteiger partial charge in [-0.3, -0.25) is 4.79 Å². The van der Waals surface area contributed by atoms with Crippen molar-refractivity contribution in [1.29, 1.82) is 0 Å². The van der Waals surface area contributed by atoms with Crippen LogP contribution in [0.2, 0.25) is 0 Å². The zero-order chi connectivity index (χ0) is 17.9. The molecule has 1 aromatic carbocycles. The summed E-state index contributed by atoms with van der Waals surface area (Å²) in [6.45, 7) is 3.12.